The molecule has 1 aromatic carbocycles. The van der Waals surface area contributed by atoms with Crippen LogP contribution in [-0.4, -0.2) is 52.4 Å². The summed E-state index contributed by atoms with van der Waals surface area (Å²) < 4.78 is 17.0. The summed E-state index contributed by atoms with van der Waals surface area (Å²) >= 11 is 6.01. The third-order valence-electron chi connectivity index (χ3n) is 6.11. The number of rotatable bonds is 10. The molecule has 0 bridgehead atoms. The third-order valence-corrected chi connectivity index (χ3v) is 6.36. The zero-order valence-electron chi connectivity index (χ0n) is 19.9. The van der Waals surface area contributed by atoms with E-state index < -0.39 is 6.16 Å². The van der Waals surface area contributed by atoms with Gasteiger partial charge >= 0.3 is 6.16 Å². The first kappa shape index (κ1) is 25.8. The molecule has 1 aromatic heterocycles. The van der Waals surface area contributed by atoms with Crippen molar-refractivity contribution in [2.24, 2.45) is 0 Å². The van der Waals surface area contributed by atoms with Gasteiger partial charge in [0.15, 0.2) is 5.75 Å². The van der Waals surface area contributed by atoms with E-state index in [4.69, 9.17) is 30.6 Å². The summed E-state index contributed by atoms with van der Waals surface area (Å²) in [6, 6.07) is 7.20. The van der Waals surface area contributed by atoms with Gasteiger partial charge in [-0.1, -0.05) is 42.7 Å². The van der Waals surface area contributed by atoms with E-state index in [9.17, 15) is 10.0 Å². The Morgan fingerprint density at radius 1 is 1.37 bits per heavy atom. The lowest BCUT2D eigenvalue weighted by molar-refractivity contribution is -0.349. The molecular weight excluding hydrogens is 476 g/mol. The van der Waals surface area contributed by atoms with Gasteiger partial charge < -0.3 is 14.2 Å². The number of aryl methyl sites for hydroxylation is 1. The van der Waals surface area contributed by atoms with E-state index in [0.29, 0.717) is 29.6 Å². The fourth-order valence-electron chi connectivity index (χ4n) is 4.22. The van der Waals surface area contributed by atoms with Crippen LogP contribution in [0.4, 0.5) is 4.79 Å². The van der Waals surface area contributed by atoms with Crippen LogP contribution in [0.1, 0.15) is 61.1 Å². The second-order valence-corrected chi connectivity index (χ2v) is 8.99. The van der Waals surface area contributed by atoms with Crippen molar-refractivity contribution in [1.29, 1.82) is 0 Å². The molecule has 190 valence electrons. The van der Waals surface area contributed by atoms with Crippen LogP contribution in [0.15, 0.2) is 30.5 Å². The van der Waals surface area contributed by atoms with Crippen LogP contribution in [0, 0.1) is 6.92 Å². The zero-order chi connectivity index (χ0) is 24.8. The predicted octanol–water partition coefficient (Wildman–Crippen LogP) is 4.49. The average Bonchev–Trinajstić information content (AvgIpc) is 3.50. The van der Waals surface area contributed by atoms with Crippen LogP contribution in [-0.2, 0) is 20.9 Å². The molecule has 4 rings (SSSR count). The Bertz CT molecular complexity index is 1010. The molecule has 2 atom stereocenters. The number of carbonyl (C=O) groups is 1. The number of hydrazine groups is 2. The van der Waals surface area contributed by atoms with Crippen LogP contribution < -0.4 is 10.3 Å². The topological polar surface area (TPSA) is 106 Å². The Labute approximate surface area is 209 Å². The number of nitrogens with one attached hydrogen (secondary N) is 1. The Morgan fingerprint density at radius 3 is 2.94 bits per heavy atom. The van der Waals surface area contributed by atoms with Crippen LogP contribution in [0.5, 0.6) is 5.75 Å². The lowest BCUT2D eigenvalue weighted by Gasteiger charge is -2.30. The standard InChI is InChI=1S/C24H31ClN4O6/c1-3-4-12-34-27-29(31)28-11-5-6-19(28)14-33-24(30)35-22-16(2)26-13-20-21(22)15-32-23(20)17-7-9-18(25)10-8-17/h7-10,13,19,23,27,31H,3-6,11-12,14-15H2,1-2H3/t19-,23-/m0/s1. The van der Waals surface area contributed by atoms with Gasteiger partial charge in [-0.05, 0) is 49.2 Å². The van der Waals surface area contributed by atoms with Crippen LogP contribution >= 0.6 is 11.6 Å². The highest BCUT2D eigenvalue weighted by Gasteiger charge is 2.32. The second kappa shape index (κ2) is 12.1. The van der Waals surface area contributed by atoms with Gasteiger partial charge in [0.05, 0.1) is 24.9 Å². The highest BCUT2D eigenvalue weighted by atomic mass is 35.5. The van der Waals surface area contributed by atoms with Gasteiger partial charge in [0, 0.05) is 28.9 Å². The summed E-state index contributed by atoms with van der Waals surface area (Å²) in [5, 5.41) is 13.3. The van der Waals surface area contributed by atoms with Crippen LogP contribution in [0.25, 0.3) is 0 Å². The maximum atomic E-state index is 12.6. The number of ether oxygens (including phenoxy) is 3. The zero-order valence-corrected chi connectivity index (χ0v) is 20.7. The first-order chi connectivity index (χ1) is 17.0. The average molecular weight is 507 g/mol. The summed E-state index contributed by atoms with van der Waals surface area (Å²) in [6.07, 6.45) is 4.06. The van der Waals surface area contributed by atoms with Crippen molar-refractivity contribution in [3.63, 3.8) is 0 Å². The molecule has 2 aliphatic heterocycles. The molecule has 0 amide bonds. The largest absolute Gasteiger partial charge is 0.513 e. The quantitative estimate of drug-likeness (QED) is 0.272. The van der Waals surface area contributed by atoms with Gasteiger partial charge in [0.1, 0.15) is 12.7 Å². The van der Waals surface area contributed by atoms with E-state index in [1.165, 1.54) is 0 Å². The molecule has 3 heterocycles. The molecule has 0 spiro atoms. The third kappa shape index (κ3) is 6.28. The molecular formula is C24H31ClN4O6. The highest BCUT2D eigenvalue weighted by Crippen LogP contribution is 2.41. The Morgan fingerprint density at radius 2 is 2.17 bits per heavy atom. The Kier molecular flexibility index (Phi) is 8.90. The summed E-state index contributed by atoms with van der Waals surface area (Å²) in [6.45, 7) is 5.24. The number of aromatic nitrogens is 1. The number of unbranched alkanes of at least 4 members (excludes halogenated alkanes) is 1. The van der Waals surface area contributed by atoms with Crippen molar-refractivity contribution >= 4 is 17.8 Å². The highest BCUT2D eigenvalue weighted by molar-refractivity contribution is 6.30. The molecule has 0 radical (unpaired) electrons. The molecule has 2 N–H and O–H groups in total. The number of carbonyl (C=O) groups excluding carboxylic acids is 1. The van der Waals surface area contributed by atoms with Crippen LogP contribution in [0.3, 0.4) is 0 Å². The van der Waals surface area contributed by atoms with E-state index in [1.54, 1.807) is 30.3 Å². The number of fused-ring (bicyclic) bond motifs is 1. The molecule has 1 fully saturated rings. The first-order valence-corrected chi connectivity index (χ1v) is 12.2. The molecule has 0 saturated carbocycles. The summed E-state index contributed by atoms with van der Waals surface area (Å²) in [5.74, 6) is 0.349. The van der Waals surface area contributed by atoms with E-state index >= 15 is 0 Å². The molecule has 1 saturated heterocycles. The number of hydrogen-bond donors (Lipinski definition) is 2. The van der Waals surface area contributed by atoms with Gasteiger partial charge in [-0.3, -0.25) is 15.0 Å². The monoisotopic (exact) mass is 506 g/mol. The van der Waals surface area contributed by atoms with Crippen molar-refractivity contribution in [2.75, 3.05) is 19.8 Å². The minimum atomic E-state index is -0.832. The first-order valence-electron chi connectivity index (χ1n) is 11.8. The van der Waals surface area contributed by atoms with Gasteiger partial charge in [-0.2, -0.15) is 5.01 Å². The molecule has 35 heavy (non-hydrogen) atoms. The minimum absolute atomic E-state index is 0.0535. The fourth-order valence-corrected chi connectivity index (χ4v) is 4.35. The minimum Gasteiger partial charge on any atom is -0.432 e. The number of halogens is 1. The number of hydrogen-bond acceptors (Lipinski definition) is 10. The predicted molar refractivity (Wildman–Crippen MR) is 126 cm³/mol. The molecule has 0 unspecified atom stereocenters. The summed E-state index contributed by atoms with van der Waals surface area (Å²) in [7, 11) is 0. The van der Waals surface area contributed by atoms with E-state index in [0.717, 1.165) is 47.7 Å². The summed E-state index contributed by atoms with van der Waals surface area (Å²) in [4.78, 5) is 22.2. The van der Waals surface area contributed by atoms with Gasteiger partial charge in [0.2, 0.25) is 0 Å². The Hall–Kier alpha value is -2.31. The van der Waals surface area contributed by atoms with Gasteiger partial charge in [-0.15, -0.1) is 0 Å². The maximum absolute atomic E-state index is 12.6. The van der Waals surface area contributed by atoms with Crippen molar-refractivity contribution in [3.8, 4) is 5.75 Å². The molecule has 10 nitrogen and oxygen atoms in total. The Balaban J connectivity index is 1.35. The number of benzene rings is 1. The van der Waals surface area contributed by atoms with Crippen molar-refractivity contribution < 1.29 is 29.0 Å². The van der Waals surface area contributed by atoms with Crippen molar-refractivity contribution in [3.05, 3.63) is 57.9 Å². The van der Waals surface area contributed by atoms with E-state index in [-0.39, 0.29) is 25.4 Å². The molecule has 0 aliphatic carbocycles. The summed E-state index contributed by atoms with van der Waals surface area (Å²) in [5.41, 5.74) is 5.60. The SMILES string of the molecule is CCCCONN(O)N1CCC[C@H]1COC(=O)Oc1c(C)ncc2c1CO[C@H]2c1ccc(Cl)cc1. The van der Waals surface area contributed by atoms with Gasteiger partial charge in [0.25, 0.3) is 0 Å². The number of nitrogens with zero attached hydrogens (tertiary/aromatic N) is 3. The molecule has 2 aromatic rings. The lowest BCUT2D eigenvalue weighted by atomic mass is 10.0. The number of pyridine rings is 1. The van der Waals surface area contributed by atoms with E-state index in [2.05, 4.69) is 17.5 Å². The second-order valence-electron chi connectivity index (χ2n) is 8.55. The van der Waals surface area contributed by atoms with Crippen molar-refractivity contribution in [2.45, 2.75) is 58.3 Å². The molecule has 2 aliphatic rings. The van der Waals surface area contributed by atoms with Crippen molar-refractivity contribution in [1.82, 2.24) is 20.9 Å². The maximum Gasteiger partial charge on any atom is 0.513 e. The fraction of sp³-hybridized carbons (Fsp3) is 0.500. The molecule has 11 heteroatoms. The smallest absolute Gasteiger partial charge is 0.432 e. The van der Waals surface area contributed by atoms with Crippen LogP contribution in [0.2, 0.25) is 5.02 Å². The lowest BCUT2D eigenvalue weighted by Crippen LogP contribution is -2.52. The van der Waals surface area contributed by atoms with E-state index in [1.807, 2.05) is 12.1 Å². The van der Waals surface area contributed by atoms with Gasteiger partial charge in [-0.25, -0.2) is 4.79 Å². The normalized spacial score (nSPS) is 19.8.